The number of aromatic amines is 1. The predicted octanol–water partition coefficient (Wildman–Crippen LogP) is -0.385. The van der Waals surface area contributed by atoms with Gasteiger partial charge in [-0.15, -0.1) is 0 Å². The predicted molar refractivity (Wildman–Crippen MR) is 106 cm³/mol. The van der Waals surface area contributed by atoms with Gasteiger partial charge in [0.25, 0.3) is 11.5 Å². The van der Waals surface area contributed by atoms with E-state index in [1.54, 1.807) is 6.07 Å². The maximum absolute atomic E-state index is 13.0. The van der Waals surface area contributed by atoms with Crippen LogP contribution in [-0.4, -0.2) is 75.6 Å². The van der Waals surface area contributed by atoms with Gasteiger partial charge in [0.2, 0.25) is 0 Å². The number of nitrogens with zero attached hydrogens (tertiary/aromatic N) is 4. The SMILES string of the molecule is CCCn1c(=O)[nH]c(=O)c2cc(C(=O)N3CCC(N4CCNCC4)C3)cnc21. The van der Waals surface area contributed by atoms with Crippen LogP contribution in [0.15, 0.2) is 21.9 Å². The summed E-state index contributed by atoms with van der Waals surface area (Å²) in [6.45, 7) is 7.81. The molecule has 9 nitrogen and oxygen atoms in total. The highest BCUT2D eigenvalue weighted by Gasteiger charge is 2.31. The molecule has 2 fully saturated rings. The molecule has 0 bridgehead atoms. The van der Waals surface area contributed by atoms with Crippen molar-refractivity contribution in [1.82, 2.24) is 29.7 Å². The normalized spacial score (nSPS) is 20.8. The zero-order chi connectivity index (χ0) is 19.7. The molecule has 2 saturated heterocycles. The molecule has 0 radical (unpaired) electrons. The van der Waals surface area contributed by atoms with E-state index < -0.39 is 11.2 Å². The van der Waals surface area contributed by atoms with E-state index in [1.807, 2.05) is 11.8 Å². The van der Waals surface area contributed by atoms with Gasteiger partial charge in [0.1, 0.15) is 5.65 Å². The molecule has 28 heavy (non-hydrogen) atoms. The van der Waals surface area contributed by atoms with E-state index in [2.05, 4.69) is 20.2 Å². The number of aromatic nitrogens is 3. The number of H-pyrrole nitrogens is 1. The maximum Gasteiger partial charge on any atom is 0.329 e. The van der Waals surface area contributed by atoms with Gasteiger partial charge in [-0.2, -0.15) is 0 Å². The van der Waals surface area contributed by atoms with Crippen LogP contribution in [0.3, 0.4) is 0 Å². The molecule has 0 saturated carbocycles. The zero-order valence-corrected chi connectivity index (χ0v) is 16.1. The first kappa shape index (κ1) is 18.8. The summed E-state index contributed by atoms with van der Waals surface area (Å²) in [7, 11) is 0. The lowest BCUT2D eigenvalue weighted by atomic mass is 10.2. The molecule has 2 aliphatic heterocycles. The number of amides is 1. The highest BCUT2D eigenvalue weighted by Crippen LogP contribution is 2.19. The summed E-state index contributed by atoms with van der Waals surface area (Å²) in [5.41, 5.74) is -0.258. The number of pyridine rings is 1. The van der Waals surface area contributed by atoms with E-state index in [0.29, 0.717) is 36.9 Å². The van der Waals surface area contributed by atoms with Crippen LogP contribution in [0.1, 0.15) is 30.1 Å². The van der Waals surface area contributed by atoms with Crippen LogP contribution in [0, 0.1) is 0 Å². The first-order chi connectivity index (χ1) is 13.6. The highest BCUT2D eigenvalue weighted by atomic mass is 16.2. The van der Waals surface area contributed by atoms with Crippen LogP contribution in [0.25, 0.3) is 11.0 Å². The molecular formula is C19H26N6O3. The summed E-state index contributed by atoms with van der Waals surface area (Å²) in [5, 5.41) is 3.63. The second-order valence-corrected chi connectivity index (χ2v) is 7.49. The third-order valence-electron chi connectivity index (χ3n) is 5.65. The summed E-state index contributed by atoms with van der Waals surface area (Å²) in [5.74, 6) is -0.111. The molecule has 1 amide bonds. The Morgan fingerprint density at radius 1 is 1.25 bits per heavy atom. The summed E-state index contributed by atoms with van der Waals surface area (Å²) in [6, 6.07) is 1.95. The summed E-state index contributed by atoms with van der Waals surface area (Å²) in [6.07, 6.45) is 3.18. The Balaban J connectivity index is 1.58. The van der Waals surface area contributed by atoms with Crippen LogP contribution < -0.4 is 16.6 Å². The van der Waals surface area contributed by atoms with Gasteiger partial charge in [-0.05, 0) is 18.9 Å². The van der Waals surface area contributed by atoms with Crippen LogP contribution in [-0.2, 0) is 6.54 Å². The van der Waals surface area contributed by atoms with E-state index in [-0.39, 0.29) is 11.3 Å². The molecule has 2 aromatic rings. The van der Waals surface area contributed by atoms with Crippen molar-refractivity contribution in [3.63, 3.8) is 0 Å². The average molecular weight is 386 g/mol. The quantitative estimate of drug-likeness (QED) is 0.742. The van der Waals surface area contributed by atoms with Gasteiger partial charge in [-0.25, -0.2) is 9.78 Å². The largest absolute Gasteiger partial charge is 0.337 e. The maximum atomic E-state index is 13.0. The fourth-order valence-electron chi connectivity index (χ4n) is 4.17. The molecule has 9 heteroatoms. The molecule has 4 rings (SSSR count). The lowest BCUT2D eigenvalue weighted by Gasteiger charge is -2.32. The van der Waals surface area contributed by atoms with E-state index in [0.717, 1.165) is 39.0 Å². The van der Waals surface area contributed by atoms with Crippen molar-refractivity contribution >= 4 is 16.9 Å². The number of piperazine rings is 1. The van der Waals surface area contributed by atoms with Crippen LogP contribution in [0.4, 0.5) is 0 Å². The van der Waals surface area contributed by atoms with Gasteiger partial charge < -0.3 is 10.2 Å². The Morgan fingerprint density at radius 3 is 2.79 bits per heavy atom. The molecule has 1 atom stereocenters. The van der Waals surface area contributed by atoms with Crippen LogP contribution >= 0.6 is 0 Å². The van der Waals surface area contributed by atoms with E-state index in [4.69, 9.17) is 0 Å². The second kappa shape index (κ2) is 7.84. The Kier molecular flexibility index (Phi) is 5.27. The molecule has 4 heterocycles. The number of rotatable bonds is 4. The number of likely N-dealkylation sites (tertiary alicyclic amines) is 1. The fraction of sp³-hybridized carbons (Fsp3) is 0.579. The summed E-state index contributed by atoms with van der Waals surface area (Å²) >= 11 is 0. The number of fused-ring (bicyclic) bond motifs is 1. The topological polar surface area (TPSA) is 103 Å². The molecule has 0 spiro atoms. The van der Waals surface area contributed by atoms with Crippen molar-refractivity contribution in [1.29, 1.82) is 0 Å². The zero-order valence-electron chi connectivity index (χ0n) is 16.1. The van der Waals surface area contributed by atoms with Crippen molar-refractivity contribution in [2.24, 2.45) is 0 Å². The van der Waals surface area contributed by atoms with Gasteiger partial charge in [0, 0.05) is 58.1 Å². The molecular weight excluding hydrogens is 360 g/mol. The van der Waals surface area contributed by atoms with Gasteiger partial charge in [-0.1, -0.05) is 6.92 Å². The van der Waals surface area contributed by atoms with Crippen LogP contribution in [0.5, 0.6) is 0 Å². The first-order valence-corrected chi connectivity index (χ1v) is 9.95. The third-order valence-corrected chi connectivity index (χ3v) is 5.65. The number of aryl methyl sites for hydroxylation is 1. The fourth-order valence-corrected chi connectivity index (χ4v) is 4.17. The van der Waals surface area contributed by atoms with E-state index >= 15 is 0 Å². The smallest absolute Gasteiger partial charge is 0.329 e. The van der Waals surface area contributed by atoms with Crippen molar-refractivity contribution in [2.75, 3.05) is 39.3 Å². The van der Waals surface area contributed by atoms with Gasteiger partial charge in [0.15, 0.2) is 0 Å². The van der Waals surface area contributed by atoms with Crippen LogP contribution in [0.2, 0.25) is 0 Å². The second-order valence-electron chi connectivity index (χ2n) is 7.49. The number of hydrogen-bond donors (Lipinski definition) is 2. The third kappa shape index (κ3) is 3.47. The number of nitrogens with one attached hydrogen (secondary N) is 2. The molecule has 2 N–H and O–H groups in total. The summed E-state index contributed by atoms with van der Waals surface area (Å²) < 4.78 is 1.45. The van der Waals surface area contributed by atoms with Gasteiger partial charge in [0.05, 0.1) is 10.9 Å². The van der Waals surface area contributed by atoms with E-state index in [1.165, 1.54) is 10.8 Å². The highest BCUT2D eigenvalue weighted by molar-refractivity contribution is 5.96. The number of carbonyl (C=O) groups excluding carboxylic acids is 1. The Morgan fingerprint density at radius 2 is 2.04 bits per heavy atom. The molecule has 150 valence electrons. The van der Waals surface area contributed by atoms with E-state index in [9.17, 15) is 14.4 Å². The Hall–Kier alpha value is -2.52. The summed E-state index contributed by atoms with van der Waals surface area (Å²) in [4.78, 5) is 48.2. The average Bonchev–Trinajstić information content (AvgIpc) is 3.21. The molecule has 1 unspecified atom stereocenters. The van der Waals surface area contributed by atoms with Gasteiger partial charge in [-0.3, -0.25) is 24.0 Å². The monoisotopic (exact) mass is 386 g/mol. The minimum Gasteiger partial charge on any atom is -0.337 e. The van der Waals surface area contributed by atoms with Crippen molar-refractivity contribution < 1.29 is 4.79 Å². The minimum atomic E-state index is -0.505. The molecule has 2 aliphatic rings. The van der Waals surface area contributed by atoms with Crippen molar-refractivity contribution in [2.45, 2.75) is 32.4 Å². The minimum absolute atomic E-state index is 0.111. The lowest BCUT2D eigenvalue weighted by molar-refractivity contribution is 0.0773. The Bertz CT molecular complexity index is 991. The Labute approximate surface area is 162 Å². The van der Waals surface area contributed by atoms with Gasteiger partial charge >= 0.3 is 5.69 Å². The number of hydrogen-bond acceptors (Lipinski definition) is 6. The van der Waals surface area contributed by atoms with Crippen molar-refractivity contribution in [3.8, 4) is 0 Å². The molecule has 2 aromatic heterocycles. The first-order valence-electron chi connectivity index (χ1n) is 9.95. The standard InChI is InChI=1S/C19H26N6O3/c1-2-6-25-16-15(17(26)22-19(25)28)10-13(11-21-16)18(27)24-7-3-14(12-24)23-8-4-20-5-9-23/h10-11,14,20H,2-9,12H2,1H3,(H,22,26,28). The number of carbonyl (C=O) groups is 1. The van der Waals surface area contributed by atoms with Crippen molar-refractivity contribution in [3.05, 3.63) is 38.7 Å². The lowest BCUT2D eigenvalue weighted by Crippen LogP contribution is -2.49. The molecule has 0 aromatic carbocycles. The molecule has 0 aliphatic carbocycles.